The predicted octanol–water partition coefficient (Wildman–Crippen LogP) is 7.13. The first kappa shape index (κ1) is 37.8. The first-order valence-corrected chi connectivity index (χ1v) is 18.1. The van der Waals surface area contributed by atoms with Crippen LogP contribution in [0.2, 0.25) is 0 Å². The summed E-state index contributed by atoms with van der Waals surface area (Å²) in [5.41, 5.74) is -0.383. The molecule has 0 N–H and O–H groups in total. The van der Waals surface area contributed by atoms with Gasteiger partial charge in [-0.3, -0.25) is 19.2 Å². The van der Waals surface area contributed by atoms with E-state index < -0.39 is 70.5 Å². The van der Waals surface area contributed by atoms with Gasteiger partial charge >= 0.3 is 23.9 Å². The minimum atomic E-state index is -1.10. The number of allylic oxidation sites excluding steroid dienone is 2. The van der Waals surface area contributed by atoms with E-state index in [2.05, 4.69) is 71.0 Å². The molecule has 274 valence electrons. The molecule has 2 fully saturated rings. The van der Waals surface area contributed by atoms with Gasteiger partial charge in [0.1, 0.15) is 18.3 Å². The zero-order chi connectivity index (χ0) is 36.8. The van der Waals surface area contributed by atoms with Gasteiger partial charge in [-0.1, -0.05) is 75.8 Å². The van der Waals surface area contributed by atoms with E-state index in [4.69, 9.17) is 23.7 Å². The summed E-state index contributed by atoms with van der Waals surface area (Å²) < 4.78 is 31.2. The SMILES string of the molecule is CC(=O)OC1C=C(C)[C@@](C)(C[C@@H](C)c2ccccc2)[C@@H]2CCC3(C)C([C@H](OC(C)=O)[C@H](OC(C)=O)C4([C@H](C)OC(C)=O)COCC=CC34)C12C. The van der Waals surface area contributed by atoms with Crippen molar-refractivity contribution in [2.45, 2.75) is 119 Å². The van der Waals surface area contributed by atoms with Crippen LogP contribution in [0.4, 0.5) is 0 Å². The zero-order valence-electron chi connectivity index (χ0n) is 31.4. The zero-order valence-corrected chi connectivity index (χ0v) is 31.4. The second-order valence-corrected chi connectivity index (χ2v) is 16.1. The smallest absolute Gasteiger partial charge is 0.303 e. The van der Waals surface area contributed by atoms with Crippen molar-refractivity contribution in [3.05, 3.63) is 59.7 Å². The van der Waals surface area contributed by atoms with Gasteiger partial charge in [0.2, 0.25) is 0 Å². The number of ether oxygens (including phenoxy) is 5. The number of esters is 4. The lowest BCUT2D eigenvalue weighted by atomic mass is 9.34. The van der Waals surface area contributed by atoms with Crippen LogP contribution in [0.3, 0.4) is 0 Å². The summed E-state index contributed by atoms with van der Waals surface area (Å²) >= 11 is 0. The van der Waals surface area contributed by atoms with E-state index in [-0.39, 0.29) is 29.8 Å². The Bertz CT molecular complexity index is 1530. The summed E-state index contributed by atoms with van der Waals surface area (Å²) in [5.74, 6) is -2.50. The Kier molecular flexibility index (Phi) is 10.5. The summed E-state index contributed by atoms with van der Waals surface area (Å²) in [7, 11) is 0. The Hall–Kier alpha value is -3.46. The molecule has 0 amide bonds. The highest BCUT2D eigenvalue weighted by Crippen LogP contribution is 2.73. The van der Waals surface area contributed by atoms with Crippen LogP contribution in [0, 0.1) is 39.4 Å². The summed E-state index contributed by atoms with van der Waals surface area (Å²) in [5, 5.41) is 0. The minimum absolute atomic E-state index is 0.00553. The van der Waals surface area contributed by atoms with Gasteiger partial charge < -0.3 is 23.7 Å². The van der Waals surface area contributed by atoms with Crippen LogP contribution in [0.15, 0.2) is 54.1 Å². The molecule has 1 aromatic rings. The lowest BCUT2D eigenvalue weighted by molar-refractivity contribution is -0.300. The second-order valence-electron chi connectivity index (χ2n) is 16.1. The van der Waals surface area contributed by atoms with Crippen LogP contribution in [-0.4, -0.2) is 61.5 Å². The highest BCUT2D eigenvalue weighted by atomic mass is 16.6. The third-order valence-corrected chi connectivity index (χ3v) is 13.2. The Labute approximate surface area is 297 Å². The largest absolute Gasteiger partial charge is 0.462 e. The van der Waals surface area contributed by atoms with Crippen molar-refractivity contribution in [1.82, 2.24) is 0 Å². The number of hydrogen-bond acceptors (Lipinski definition) is 9. The van der Waals surface area contributed by atoms with Crippen LogP contribution >= 0.6 is 0 Å². The Morgan fingerprint density at radius 1 is 0.900 bits per heavy atom. The maximum absolute atomic E-state index is 13.2. The summed E-state index contributed by atoms with van der Waals surface area (Å²) in [6, 6.07) is 10.5. The average molecular weight is 693 g/mol. The fourth-order valence-corrected chi connectivity index (χ4v) is 11.3. The lowest BCUT2D eigenvalue weighted by Crippen LogP contribution is -2.75. The van der Waals surface area contributed by atoms with E-state index in [1.807, 2.05) is 19.1 Å². The van der Waals surface area contributed by atoms with Crippen molar-refractivity contribution in [1.29, 1.82) is 0 Å². The molecule has 9 heteroatoms. The molecule has 5 rings (SSSR count). The van der Waals surface area contributed by atoms with Gasteiger partial charge in [0.25, 0.3) is 0 Å². The van der Waals surface area contributed by atoms with E-state index in [0.717, 1.165) is 24.8 Å². The molecule has 0 radical (unpaired) electrons. The van der Waals surface area contributed by atoms with Crippen LogP contribution in [0.5, 0.6) is 0 Å². The maximum Gasteiger partial charge on any atom is 0.303 e. The highest BCUT2D eigenvalue weighted by molar-refractivity contribution is 5.68. The first-order valence-electron chi connectivity index (χ1n) is 18.1. The van der Waals surface area contributed by atoms with Crippen molar-refractivity contribution in [3.8, 4) is 0 Å². The highest BCUT2D eigenvalue weighted by Gasteiger charge is 2.76. The van der Waals surface area contributed by atoms with Crippen molar-refractivity contribution >= 4 is 23.9 Å². The number of hydrogen-bond donors (Lipinski definition) is 0. The molecule has 0 spiro atoms. The Morgan fingerprint density at radius 3 is 2.14 bits per heavy atom. The fraction of sp³-hybridized carbons (Fsp3) is 0.659. The first-order chi connectivity index (χ1) is 23.4. The third-order valence-electron chi connectivity index (χ3n) is 13.2. The molecule has 3 aliphatic carbocycles. The van der Waals surface area contributed by atoms with Gasteiger partial charge in [-0.25, -0.2) is 0 Å². The summed E-state index contributed by atoms with van der Waals surface area (Å²) in [6.45, 7) is 18.9. The molecule has 9 nitrogen and oxygen atoms in total. The molecular formula is C41H56O9. The van der Waals surface area contributed by atoms with Gasteiger partial charge in [-0.2, -0.15) is 0 Å². The van der Waals surface area contributed by atoms with E-state index in [9.17, 15) is 19.2 Å². The van der Waals surface area contributed by atoms with E-state index in [0.29, 0.717) is 6.61 Å². The molecule has 4 aliphatic rings. The van der Waals surface area contributed by atoms with Crippen LogP contribution in [-0.2, 0) is 42.9 Å². The topological polar surface area (TPSA) is 114 Å². The van der Waals surface area contributed by atoms with E-state index in [1.165, 1.54) is 33.3 Å². The average Bonchev–Trinajstić information content (AvgIpc) is 3.26. The number of carbonyl (C=O) groups excluding carboxylic acids is 4. The van der Waals surface area contributed by atoms with Crippen molar-refractivity contribution in [2.24, 2.45) is 39.4 Å². The fourth-order valence-electron chi connectivity index (χ4n) is 11.3. The molecule has 1 aromatic carbocycles. The van der Waals surface area contributed by atoms with Crippen molar-refractivity contribution in [2.75, 3.05) is 13.2 Å². The van der Waals surface area contributed by atoms with E-state index in [1.54, 1.807) is 0 Å². The quantitative estimate of drug-likeness (QED) is 0.159. The summed E-state index contributed by atoms with van der Waals surface area (Å²) in [6.07, 6.45) is 5.20. The molecular weight excluding hydrogens is 636 g/mol. The van der Waals surface area contributed by atoms with Gasteiger partial charge in [-0.05, 0) is 73.3 Å². The molecule has 0 bridgehead atoms. The normalized spacial score (nSPS) is 38.8. The number of fused-ring (bicyclic) bond motifs is 5. The molecule has 6 unspecified atom stereocenters. The lowest BCUT2D eigenvalue weighted by Gasteiger charge is -2.71. The van der Waals surface area contributed by atoms with Gasteiger partial charge in [0.15, 0.2) is 6.10 Å². The molecule has 1 aliphatic heterocycles. The molecule has 0 saturated heterocycles. The van der Waals surface area contributed by atoms with Crippen LogP contribution in [0.25, 0.3) is 0 Å². The monoisotopic (exact) mass is 692 g/mol. The van der Waals surface area contributed by atoms with Crippen molar-refractivity contribution < 1.29 is 42.9 Å². The van der Waals surface area contributed by atoms with Crippen LogP contribution in [0.1, 0.15) is 100.0 Å². The molecule has 2 saturated carbocycles. The standard InChI is InChI=1S/C41H56O9/c1-24(31-15-12-11-13-16-31)22-39(9)25(2)21-34(48-28(5)43)40(10)32(39)18-19-38(8)33-17-14-20-46-23-41(33,26(3)47-27(4)42)37(50-30(7)45)35(36(38)40)49-29(6)44/h11-17,21,24,26,32-37H,18-20,22-23H2,1-10H3/t24-,26+,32+,33?,34?,35+,36?,37+,38?,39-,40?,41?/m1/s1. The van der Waals surface area contributed by atoms with E-state index >= 15 is 0 Å². The third kappa shape index (κ3) is 6.22. The molecule has 1 heterocycles. The Morgan fingerprint density at radius 2 is 1.54 bits per heavy atom. The molecule has 0 aromatic heterocycles. The maximum atomic E-state index is 13.2. The van der Waals surface area contributed by atoms with Gasteiger partial charge in [-0.15, -0.1) is 0 Å². The minimum Gasteiger partial charge on any atom is -0.462 e. The number of rotatable bonds is 8. The molecule has 50 heavy (non-hydrogen) atoms. The molecule has 12 atom stereocenters. The van der Waals surface area contributed by atoms with Crippen LogP contribution < -0.4 is 0 Å². The van der Waals surface area contributed by atoms with Gasteiger partial charge in [0.05, 0.1) is 18.6 Å². The summed E-state index contributed by atoms with van der Waals surface area (Å²) in [4.78, 5) is 51.8. The van der Waals surface area contributed by atoms with Crippen molar-refractivity contribution in [3.63, 3.8) is 0 Å². The van der Waals surface area contributed by atoms with Gasteiger partial charge in [0, 0.05) is 39.0 Å². The second kappa shape index (κ2) is 13.9. The predicted molar refractivity (Wildman–Crippen MR) is 188 cm³/mol. The number of benzene rings is 1. The Balaban J connectivity index is 1.79. The number of carbonyl (C=O) groups is 4.